The molecule has 0 saturated carbocycles. The zero-order valence-corrected chi connectivity index (χ0v) is 16.5. The van der Waals surface area contributed by atoms with Crippen LogP contribution in [0.3, 0.4) is 0 Å². The fourth-order valence-corrected chi connectivity index (χ4v) is 3.39. The Labute approximate surface area is 159 Å². The number of methoxy groups -OCH3 is 1. The zero-order chi connectivity index (χ0) is 18.6. The normalized spacial score (nSPS) is 11.2. The lowest BCUT2D eigenvalue weighted by Crippen LogP contribution is -2.19. The van der Waals surface area contributed by atoms with Gasteiger partial charge in [0, 0.05) is 10.0 Å². The van der Waals surface area contributed by atoms with E-state index in [0.29, 0.717) is 11.3 Å². The Balaban J connectivity index is 2.24. The van der Waals surface area contributed by atoms with Gasteiger partial charge in [-0.15, -0.1) is 0 Å². The van der Waals surface area contributed by atoms with Crippen molar-refractivity contribution in [2.24, 2.45) is 0 Å². The van der Waals surface area contributed by atoms with E-state index in [2.05, 4.69) is 20.7 Å². The molecule has 0 radical (unpaired) electrons. The van der Waals surface area contributed by atoms with Gasteiger partial charge in [0.25, 0.3) is 0 Å². The minimum absolute atomic E-state index is 0.0352. The van der Waals surface area contributed by atoms with Crippen molar-refractivity contribution < 1.29 is 22.7 Å². The quantitative estimate of drug-likeness (QED) is 0.685. The predicted octanol–water partition coefficient (Wildman–Crippen LogP) is 3.38. The highest BCUT2D eigenvalue weighted by molar-refractivity contribution is 9.10. The summed E-state index contributed by atoms with van der Waals surface area (Å²) >= 11 is 9.34. The van der Waals surface area contributed by atoms with E-state index in [0.717, 1.165) is 4.47 Å². The molecule has 0 bridgehead atoms. The summed E-state index contributed by atoms with van der Waals surface area (Å²) in [5.41, 5.74) is 0.618. The molecule has 2 rings (SSSR count). The van der Waals surface area contributed by atoms with Gasteiger partial charge in [-0.2, -0.15) is 0 Å². The van der Waals surface area contributed by atoms with Gasteiger partial charge in [0.05, 0.1) is 22.6 Å². The number of sulfonamides is 1. The number of benzene rings is 2. The first-order valence-corrected chi connectivity index (χ1v) is 9.66. The molecule has 0 aliphatic carbocycles. The maximum atomic E-state index is 12.3. The van der Waals surface area contributed by atoms with Gasteiger partial charge in [0.1, 0.15) is 12.4 Å². The highest BCUT2D eigenvalue weighted by Crippen LogP contribution is 2.25. The molecule has 0 unspecified atom stereocenters. The van der Waals surface area contributed by atoms with Crippen LogP contribution in [0.15, 0.2) is 45.8 Å². The summed E-state index contributed by atoms with van der Waals surface area (Å²) in [6.45, 7) is -0.0548. The standard InChI is InChI=1S/C16H15BrClNO5S/c1-19-25(21,22)12-4-5-14(18)13(8-12)16(20)24-9-10-7-11(17)3-6-15(10)23-2/h3-8,19H,9H2,1-2H3. The van der Waals surface area contributed by atoms with Crippen LogP contribution in [0.5, 0.6) is 5.75 Å². The Morgan fingerprint density at radius 1 is 1.24 bits per heavy atom. The van der Waals surface area contributed by atoms with Crippen LogP contribution in [-0.4, -0.2) is 28.5 Å². The summed E-state index contributed by atoms with van der Waals surface area (Å²) in [5.74, 6) is -0.172. The minimum Gasteiger partial charge on any atom is -0.496 e. The minimum atomic E-state index is -3.70. The lowest BCUT2D eigenvalue weighted by Gasteiger charge is -2.11. The summed E-state index contributed by atoms with van der Waals surface area (Å²) in [4.78, 5) is 12.2. The molecule has 1 N–H and O–H groups in total. The first-order chi connectivity index (χ1) is 11.8. The fourth-order valence-electron chi connectivity index (χ4n) is 2.03. The molecule has 0 aliphatic heterocycles. The Kier molecular flexibility index (Phi) is 6.45. The number of halogens is 2. The molecule has 0 atom stereocenters. The molecule has 0 aromatic heterocycles. The van der Waals surface area contributed by atoms with Crippen molar-refractivity contribution in [3.8, 4) is 5.75 Å². The Morgan fingerprint density at radius 2 is 1.96 bits per heavy atom. The van der Waals surface area contributed by atoms with Crippen molar-refractivity contribution in [2.45, 2.75) is 11.5 Å². The average molecular weight is 449 g/mol. The second-order valence-corrected chi connectivity index (χ2v) is 8.09. The highest BCUT2D eigenvalue weighted by Gasteiger charge is 2.19. The number of nitrogens with one attached hydrogen (secondary N) is 1. The molecule has 2 aromatic carbocycles. The summed E-state index contributed by atoms with van der Waals surface area (Å²) < 4.78 is 37.2. The number of hydrogen-bond acceptors (Lipinski definition) is 5. The van der Waals surface area contributed by atoms with Gasteiger partial charge in [-0.25, -0.2) is 17.9 Å². The molecule has 0 aliphatic rings. The van der Waals surface area contributed by atoms with E-state index in [1.54, 1.807) is 18.2 Å². The second-order valence-electron chi connectivity index (χ2n) is 4.88. The molecular weight excluding hydrogens is 434 g/mol. The van der Waals surface area contributed by atoms with Crippen molar-refractivity contribution >= 4 is 43.5 Å². The van der Waals surface area contributed by atoms with E-state index in [9.17, 15) is 13.2 Å². The smallest absolute Gasteiger partial charge is 0.340 e. The predicted molar refractivity (Wildman–Crippen MR) is 97.5 cm³/mol. The molecule has 0 spiro atoms. The van der Waals surface area contributed by atoms with Crippen molar-refractivity contribution in [3.05, 3.63) is 57.0 Å². The van der Waals surface area contributed by atoms with Crippen LogP contribution in [-0.2, 0) is 21.4 Å². The molecule has 6 nitrogen and oxygen atoms in total. The molecule has 0 fully saturated rings. The molecular formula is C16H15BrClNO5S. The van der Waals surface area contributed by atoms with Crippen LogP contribution in [0.4, 0.5) is 0 Å². The molecule has 2 aromatic rings. The maximum absolute atomic E-state index is 12.3. The highest BCUT2D eigenvalue weighted by atomic mass is 79.9. The van der Waals surface area contributed by atoms with E-state index in [1.165, 1.54) is 32.4 Å². The van der Waals surface area contributed by atoms with Crippen LogP contribution in [0.1, 0.15) is 15.9 Å². The molecule has 0 amide bonds. The number of ether oxygens (including phenoxy) is 2. The summed E-state index contributed by atoms with van der Waals surface area (Å²) in [6.07, 6.45) is 0. The van der Waals surface area contributed by atoms with Gasteiger partial charge in [-0.1, -0.05) is 27.5 Å². The molecule has 134 valence electrons. The molecule has 25 heavy (non-hydrogen) atoms. The number of carbonyl (C=O) groups is 1. The van der Waals surface area contributed by atoms with E-state index in [1.807, 2.05) is 0 Å². The third-order valence-corrected chi connectivity index (χ3v) is 5.57. The first-order valence-electron chi connectivity index (χ1n) is 7.01. The lowest BCUT2D eigenvalue weighted by molar-refractivity contribution is 0.0470. The topological polar surface area (TPSA) is 81.7 Å². The van der Waals surface area contributed by atoms with Gasteiger partial charge in [-0.05, 0) is 43.4 Å². The van der Waals surface area contributed by atoms with Crippen molar-refractivity contribution in [1.82, 2.24) is 4.72 Å². The van der Waals surface area contributed by atoms with E-state index < -0.39 is 16.0 Å². The Morgan fingerprint density at radius 3 is 2.60 bits per heavy atom. The number of carbonyl (C=O) groups excluding carboxylic acids is 1. The zero-order valence-electron chi connectivity index (χ0n) is 13.4. The van der Waals surface area contributed by atoms with E-state index >= 15 is 0 Å². The van der Waals surface area contributed by atoms with Crippen LogP contribution < -0.4 is 9.46 Å². The Bertz CT molecular complexity index is 901. The summed E-state index contributed by atoms with van der Waals surface area (Å²) in [5, 5.41) is 0.0984. The SMILES string of the molecule is CNS(=O)(=O)c1ccc(Cl)c(C(=O)OCc2cc(Br)ccc2OC)c1. The first kappa shape index (κ1) is 19.7. The monoisotopic (exact) mass is 447 g/mol. The molecule has 0 heterocycles. The number of rotatable bonds is 6. The largest absolute Gasteiger partial charge is 0.496 e. The van der Waals surface area contributed by atoms with E-state index in [4.69, 9.17) is 21.1 Å². The maximum Gasteiger partial charge on any atom is 0.340 e. The van der Waals surface area contributed by atoms with Crippen LogP contribution >= 0.6 is 27.5 Å². The van der Waals surface area contributed by atoms with Crippen LogP contribution in [0, 0.1) is 0 Å². The summed E-state index contributed by atoms with van der Waals surface area (Å²) in [6, 6.07) is 9.11. The van der Waals surface area contributed by atoms with Gasteiger partial charge < -0.3 is 9.47 Å². The third kappa shape index (κ3) is 4.72. The van der Waals surface area contributed by atoms with Crippen LogP contribution in [0.25, 0.3) is 0 Å². The van der Waals surface area contributed by atoms with Crippen LogP contribution in [0.2, 0.25) is 5.02 Å². The van der Waals surface area contributed by atoms with Gasteiger partial charge in [0.2, 0.25) is 10.0 Å². The average Bonchev–Trinajstić information content (AvgIpc) is 2.60. The second kappa shape index (κ2) is 8.18. The van der Waals surface area contributed by atoms with Gasteiger partial charge in [-0.3, -0.25) is 0 Å². The van der Waals surface area contributed by atoms with Crippen molar-refractivity contribution in [1.29, 1.82) is 0 Å². The number of hydrogen-bond donors (Lipinski definition) is 1. The van der Waals surface area contributed by atoms with Gasteiger partial charge >= 0.3 is 5.97 Å². The summed E-state index contributed by atoms with van der Waals surface area (Å²) in [7, 11) is -0.906. The van der Waals surface area contributed by atoms with E-state index in [-0.39, 0.29) is 22.1 Å². The van der Waals surface area contributed by atoms with Crippen molar-refractivity contribution in [2.75, 3.05) is 14.2 Å². The van der Waals surface area contributed by atoms with Crippen molar-refractivity contribution in [3.63, 3.8) is 0 Å². The fraction of sp³-hybridized carbons (Fsp3) is 0.188. The Hall–Kier alpha value is -1.61. The lowest BCUT2D eigenvalue weighted by atomic mass is 10.2. The number of esters is 1. The molecule has 0 saturated heterocycles. The third-order valence-electron chi connectivity index (χ3n) is 3.34. The van der Waals surface area contributed by atoms with Gasteiger partial charge in [0.15, 0.2) is 0 Å². The molecule has 9 heteroatoms.